The first-order valence-electron chi connectivity index (χ1n) is 5.08. The molecular formula is C10H17NO. The highest BCUT2D eigenvalue weighted by Gasteiger charge is 2.36. The molecule has 0 amide bonds. The van der Waals surface area contributed by atoms with Crippen LogP contribution in [0, 0.1) is 0 Å². The molecule has 2 fully saturated rings. The van der Waals surface area contributed by atoms with Crippen molar-refractivity contribution in [2.45, 2.75) is 51.1 Å². The minimum atomic E-state index is 0.495. The van der Waals surface area contributed by atoms with Crippen LogP contribution in [0.4, 0.5) is 0 Å². The SMILES string of the molecule is CCN1C2CCCC1CC(=O)C2. The van der Waals surface area contributed by atoms with E-state index in [0.29, 0.717) is 17.9 Å². The highest BCUT2D eigenvalue weighted by Crippen LogP contribution is 2.31. The third-order valence-corrected chi connectivity index (χ3v) is 3.30. The summed E-state index contributed by atoms with van der Waals surface area (Å²) >= 11 is 0. The van der Waals surface area contributed by atoms with Crippen molar-refractivity contribution >= 4 is 5.78 Å². The molecule has 0 aromatic carbocycles. The molecule has 2 aliphatic heterocycles. The third-order valence-electron chi connectivity index (χ3n) is 3.30. The number of carbonyl (C=O) groups is 1. The van der Waals surface area contributed by atoms with Gasteiger partial charge in [-0.05, 0) is 19.4 Å². The molecule has 2 bridgehead atoms. The van der Waals surface area contributed by atoms with Crippen LogP contribution in [0.15, 0.2) is 0 Å². The van der Waals surface area contributed by atoms with Crippen LogP contribution in [0.2, 0.25) is 0 Å². The normalized spacial score (nSPS) is 36.9. The minimum absolute atomic E-state index is 0.495. The van der Waals surface area contributed by atoms with E-state index in [4.69, 9.17) is 0 Å². The van der Waals surface area contributed by atoms with Gasteiger partial charge >= 0.3 is 0 Å². The quantitative estimate of drug-likeness (QED) is 0.591. The highest BCUT2D eigenvalue weighted by atomic mass is 16.1. The molecule has 12 heavy (non-hydrogen) atoms. The van der Waals surface area contributed by atoms with Gasteiger partial charge in [-0.25, -0.2) is 0 Å². The number of Topliss-reactive ketones (excluding diaryl/α,β-unsaturated/α-hetero) is 1. The molecule has 0 aromatic rings. The average Bonchev–Trinajstić information content (AvgIpc) is 2.02. The van der Waals surface area contributed by atoms with Crippen LogP contribution in [-0.4, -0.2) is 29.3 Å². The monoisotopic (exact) mass is 167 g/mol. The van der Waals surface area contributed by atoms with Gasteiger partial charge in [0, 0.05) is 24.9 Å². The van der Waals surface area contributed by atoms with Crippen LogP contribution >= 0.6 is 0 Å². The zero-order valence-electron chi connectivity index (χ0n) is 7.75. The Morgan fingerprint density at radius 2 is 1.92 bits per heavy atom. The maximum atomic E-state index is 11.3. The molecule has 0 radical (unpaired) electrons. The summed E-state index contributed by atoms with van der Waals surface area (Å²) in [6, 6.07) is 1.19. The second-order valence-corrected chi connectivity index (χ2v) is 4.02. The van der Waals surface area contributed by atoms with Crippen molar-refractivity contribution in [3.8, 4) is 0 Å². The van der Waals surface area contributed by atoms with Gasteiger partial charge in [-0.2, -0.15) is 0 Å². The molecule has 2 unspecified atom stereocenters. The molecule has 0 spiro atoms. The molecule has 0 aromatic heterocycles. The Labute approximate surface area is 73.9 Å². The summed E-state index contributed by atoms with van der Waals surface area (Å²) < 4.78 is 0. The summed E-state index contributed by atoms with van der Waals surface area (Å²) in [6.07, 6.45) is 5.47. The third kappa shape index (κ3) is 1.28. The Morgan fingerprint density at radius 3 is 2.42 bits per heavy atom. The van der Waals surface area contributed by atoms with Gasteiger partial charge in [-0.1, -0.05) is 13.3 Å². The number of piperidine rings is 2. The van der Waals surface area contributed by atoms with Crippen molar-refractivity contribution in [3.63, 3.8) is 0 Å². The smallest absolute Gasteiger partial charge is 0.136 e. The number of hydrogen-bond donors (Lipinski definition) is 0. The van der Waals surface area contributed by atoms with Gasteiger partial charge in [0.15, 0.2) is 0 Å². The molecular weight excluding hydrogens is 150 g/mol. The fourth-order valence-electron chi connectivity index (χ4n) is 2.78. The highest BCUT2D eigenvalue weighted by molar-refractivity contribution is 5.80. The zero-order valence-corrected chi connectivity index (χ0v) is 7.75. The van der Waals surface area contributed by atoms with Gasteiger partial charge in [-0.3, -0.25) is 9.69 Å². The van der Waals surface area contributed by atoms with Gasteiger partial charge < -0.3 is 0 Å². The van der Waals surface area contributed by atoms with Crippen molar-refractivity contribution in [3.05, 3.63) is 0 Å². The van der Waals surface area contributed by atoms with Crippen molar-refractivity contribution in [2.75, 3.05) is 6.54 Å². The lowest BCUT2D eigenvalue weighted by atomic mass is 9.84. The molecule has 0 saturated carbocycles. The Kier molecular flexibility index (Phi) is 2.18. The van der Waals surface area contributed by atoms with Gasteiger partial charge in [0.1, 0.15) is 5.78 Å². The number of rotatable bonds is 1. The largest absolute Gasteiger partial charge is 0.300 e. The van der Waals surface area contributed by atoms with Crippen LogP contribution < -0.4 is 0 Å². The van der Waals surface area contributed by atoms with E-state index in [1.807, 2.05) is 0 Å². The van der Waals surface area contributed by atoms with E-state index in [1.54, 1.807) is 0 Å². The second-order valence-electron chi connectivity index (χ2n) is 4.02. The Morgan fingerprint density at radius 1 is 1.33 bits per heavy atom. The van der Waals surface area contributed by atoms with Crippen LogP contribution in [0.25, 0.3) is 0 Å². The first-order valence-corrected chi connectivity index (χ1v) is 5.08. The van der Waals surface area contributed by atoms with Crippen LogP contribution in [0.1, 0.15) is 39.0 Å². The van der Waals surface area contributed by atoms with Gasteiger partial charge in [-0.15, -0.1) is 0 Å². The van der Waals surface area contributed by atoms with E-state index in [9.17, 15) is 4.79 Å². The van der Waals surface area contributed by atoms with Gasteiger partial charge in [0.05, 0.1) is 0 Å². The molecule has 2 nitrogen and oxygen atoms in total. The first-order chi connectivity index (χ1) is 5.81. The fourth-order valence-corrected chi connectivity index (χ4v) is 2.78. The lowest BCUT2D eigenvalue weighted by Crippen LogP contribution is -2.51. The van der Waals surface area contributed by atoms with E-state index >= 15 is 0 Å². The standard InChI is InChI=1S/C10H17NO/c1-2-11-8-4-3-5-9(11)7-10(12)6-8/h8-9H,2-7H2,1H3. The summed E-state index contributed by atoms with van der Waals surface area (Å²) in [6.45, 7) is 3.34. The zero-order chi connectivity index (χ0) is 8.55. The lowest BCUT2D eigenvalue weighted by Gasteiger charge is -2.44. The lowest BCUT2D eigenvalue weighted by molar-refractivity contribution is -0.127. The molecule has 2 saturated heterocycles. The van der Waals surface area contributed by atoms with Crippen molar-refractivity contribution in [1.82, 2.24) is 4.90 Å². The molecule has 0 aliphatic carbocycles. The number of carbonyl (C=O) groups excluding carboxylic acids is 1. The molecule has 0 N–H and O–H groups in total. The Bertz CT molecular complexity index is 174. The molecule has 2 heterocycles. The fraction of sp³-hybridized carbons (Fsp3) is 0.900. The average molecular weight is 167 g/mol. The number of nitrogens with zero attached hydrogens (tertiary/aromatic N) is 1. The number of hydrogen-bond acceptors (Lipinski definition) is 2. The van der Waals surface area contributed by atoms with Crippen LogP contribution in [0.3, 0.4) is 0 Å². The maximum absolute atomic E-state index is 11.3. The predicted octanol–water partition coefficient (Wildman–Crippen LogP) is 1.59. The van der Waals surface area contributed by atoms with E-state index in [1.165, 1.54) is 19.3 Å². The van der Waals surface area contributed by atoms with Crippen LogP contribution in [0.5, 0.6) is 0 Å². The van der Waals surface area contributed by atoms with Crippen LogP contribution in [-0.2, 0) is 4.79 Å². The molecule has 2 atom stereocenters. The first kappa shape index (κ1) is 8.24. The molecule has 68 valence electrons. The maximum Gasteiger partial charge on any atom is 0.136 e. The Hall–Kier alpha value is -0.370. The van der Waals surface area contributed by atoms with E-state index in [2.05, 4.69) is 11.8 Å². The molecule has 2 heteroatoms. The Balaban J connectivity index is 2.11. The summed E-state index contributed by atoms with van der Waals surface area (Å²) in [5.74, 6) is 0.495. The summed E-state index contributed by atoms with van der Waals surface area (Å²) in [7, 11) is 0. The van der Waals surface area contributed by atoms with E-state index < -0.39 is 0 Å². The number of ketones is 1. The minimum Gasteiger partial charge on any atom is -0.300 e. The summed E-state index contributed by atoms with van der Waals surface area (Å²) in [5.41, 5.74) is 0. The van der Waals surface area contributed by atoms with Gasteiger partial charge in [0.2, 0.25) is 0 Å². The predicted molar refractivity (Wildman–Crippen MR) is 48.0 cm³/mol. The second kappa shape index (κ2) is 3.17. The topological polar surface area (TPSA) is 20.3 Å². The van der Waals surface area contributed by atoms with Crippen molar-refractivity contribution in [1.29, 1.82) is 0 Å². The summed E-state index contributed by atoms with van der Waals surface area (Å²) in [4.78, 5) is 13.8. The molecule has 2 aliphatic rings. The van der Waals surface area contributed by atoms with Crippen molar-refractivity contribution in [2.24, 2.45) is 0 Å². The van der Waals surface area contributed by atoms with E-state index in [-0.39, 0.29) is 0 Å². The van der Waals surface area contributed by atoms with E-state index in [0.717, 1.165) is 19.4 Å². The summed E-state index contributed by atoms with van der Waals surface area (Å²) in [5, 5.41) is 0. The van der Waals surface area contributed by atoms with Crippen molar-refractivity contribution < 1.29 is 4.79 Å². The molecule has 2 rings (SSSR count). The van der Waals surface area contributed by atoms with Gasteiger partial charge in [0.25, 0.3) is 0 Å². The number of fused-ring (bicyclic) bond motifs is 2.